The number of hydrogen-bond acceptors (Lipinski definition) is 2. The smallest absolute Gasteiger partial charge is 0.407 e. The summed E-state index contributed by atoms with van der Waals surface area (Å²) in [6.45, 7) is -0.299. The molecule has 1 atom stereocenters. The van der Waals surface area contributed by atoms with Crippen LogP contribution in [-0.4, -0.2) is 6.18 Å². The third-order valence-electron chi connectivity index (χ3n) is 3.04. The van der Waals surface area contributed by atoms with Crippen molar-refractivity contribution < 1.29 is 22.3 Å². The molecule has 2 nitrogen and oxygen atoms in total. The summed E-state index contributed by atoms with van der Waals surface area (Å²) >= 11 is 5.85. The SMILES string of the molecule is N[C@H](c1ccccc1OCc1c(F)cccc1Cl)C(F)(F)F. The number of alkyl halides is 3. The van der Waals surface area contributed by atoms with Crippen LogP contribution in [0.3, 0.4) is 0 Å². The van der Waals surface area contributed by atoms with Crippen molar-refractivity contribution in [2.45, 2.75) is 18.8 Å². The van der Waals surface area contributed by atoms with Gasteiger partial charge in [-0.3, -0.25) is 0 Å². The molecule has 0 unspecified atom stereocenters. The third kappa shape index (κ3) is 3.69. The van der Waals surface area contributed by atoms with Crippen molar-refractivity contribution in [2.24, 2.45) is 5.73 Å². The second-order valence-corrected chi connectivity index (χ2v) is 4.95. The van der Waals surface area contributed by atoms with E-state index < -0.39 is 18.0 Å². The first-order valence-electron chi connectivity index (χ1n) is 6.27. The van der Waals surface area contributed by atoms with E-state index in [1.807, 2.05) is 0 Å². The monoisotopic (exact) mass is 333 g/mol. The summed E-state index contributed by atoms with van der Waals surface area (Å²) in [7, 11) is 0. The molecule has 22 heavy (non-hydrogen) atoms. The van der Waals surface area contributed by atoms with E-state index in [9.17, 15) is 17.6 Å². The van der Waals surface area contributed by atoms with E-state index >= 15 is 0 Å². The van der Waals surface area contributed by atoms with Gasteiger partial charge in [-0.15, -0.1) is 0 Å². The van der Waals surface area contributed by atoms with E-state index in [4.69, 9.17) is 22.1 Å². The Bertz CT molecular complexity index is 640. The zero-order valence-electron chi connectivity index (χ0n) is 11.2. The van der Waals surface area contributed by atoms with E-state index in [-0.39, 0.29) is 28.5 Å². The lowest BCUT2D eigenvalue weighted by molar-refractivity contribution is -0.149. The highest BCUT2D eigenvalue weighted by atomic mass is 35.5. The topological polar surface area (TPSA) is 35.2 Å². The van der Waals surface area contributed by atoms with Gasteiger partial charge in [-0.25, -0.2) is 4.39 Å². The molecule has 0 spiro atoms. The summed E-state index contributed by atoms with van der Waals surface area (Å²) in [6, 6.07) is 7.39. The van der Waals surface area contributed by atoms with Gasteiger partial charge in [-0.2, -0.15) is 13.2 Å². The zero-order valence-corrected chi connectivity index (χ0v) is 12.0. The summed E-state index contributed by atoms with van der Waals surface area (Å²) in [5.41, 5.74) is 5.05. The molecule has 2 rings (SSSR count). The van der Waals surface area contributed by atoms with E-state index in [1.54, 1.807) is 0 Å². The Morgan fingerprint density at radius 3 is 2.41 bits per heavy atom. The van der Waals surface area contributed by atoms with Crippen LogP contribution in [0.4, 0.5) is 17.6 Å². The zero-order chi connectivity index (χ0) is 16.3. The Kier molecular flexibility index (Phi) is 4.93. The Balaban J connectivity index is 2.24. The molecule has 0 aliphatic heterocycles. The van der Waals surface area contributed by atoms with Gasteiger partial charge in [0.2, 0.25) is 0 Å². The number of hydrogen-bond donors (Lipinski definition) is 1. The first-order chi connectivity index (χ1) is 10.3. The number of nitrogens with two attached hydrogens (primary N) is 1. The fourth-order valence-electron chi connectivity index (χ4n) is 1.87. The maximum Gasteiger partial charge on any atom is 0.407 e. The minimum Gasteiger partial charge on any atom is -0.488 e. The van der Waals surface area contributed by atoms with Crippen LogP contribution in [0.15, 0.2) is 42.5 Å². The van der Waals surface area contributed by atoms with Gasteiger partial charge in [0.15, 0.2) is 0 Å². The Hall–Kier alpha value is -1.79. The minimum absolute atomic E-state index is 0.0633. The van der Waals surface area contributed by atoms with Gasteiger partial charge >= 0.3 is 6.18 Å². The van der Waals surface area contributed by atoms with Crippen LogP contribution in [0, 0.1) is 5.82 Å². The second kappa shape index (κ2) is 6.54. The summed E-state index contributed by atoms with van der Waals surface area (Å²) < 4.78 is 57.2. The number of benzene rings is 2. The summed E-state index contributed by atoms with van der Waals surface area (Å²) in [5, 5.41) is 0.137. The Morgan fingerprint density at radius 2 is 1.77 bits per heavy atom. The number of rotatable bonds is 4. The van der Waals surface area contributed by atoms with Crippen LogP contribution in [0.1, 0.15) is 17.2 Å². The van der Waals surface area contributed by atoms with E-state index in [1.165, 1.54) is 42.5 Å². The molecule has 7 heteroatoms. The third-order valence-corrected chi connectivity index (χ3v) is 3.39. The first-order valence-corrected chi connectivity index (χ1v) is 6.65. The molecule has 0 aromatic heterocycles. The molecular formula is C15H12ClF4NO. The predicted octanol–water partition coefficient (Wildman–Crippen LogP) is 4.62. The summed E-state index contributed by atoms with van der Waals surface area (Å²) in [5.74, 6) is -0.656. The van der Waals surface area contributed by atoms with Crippen LogP contribution in [0.2, 0.25) is 5.02 Å². The van der Waals surface area contributed by atoms with Crippen molar-refractivity contribution >= 4 is 11.6 Å². The molecular weight excluding hydrogens is 322 g/mol. The van der Waals surface area contributed by atoms with Crippen LogP contribution in [0.25, 0.3) is 0 Å². The highest BCUT2D eigenvalue weighted by molar-refractivity contribution is 6.31. The molecule has 2 aromatic carbocycles. The normalized spacial score (nSPS) is 13.0. The molecule has 0 fully saturated rings. The number of halogens is 5. The summed E-state index contributed by atoms with van der Waals surface area (Å²) in [4.78, 5) is 0. The first kappa shape index (κ1) is 16.6. The van der Waals surface area contributed by atoms with Gasteiger partial charge < -0.3 is 10.5 Å². The van der Waals surface area contributed by atoms with Gasteiger partial charge in [-0.1, -0.05) is 35.9 Å². The van der Waals surface area contributed by atoms with Crippen molar-refractivity contribution in [3.8, 4) is 5.75 Å². The Morgan fingerprint density at radius 1 is 1.09 bits per heavy atom. The van der Waals surface area contributed by atoms with Gasteiger partial charge in [-0.05, 0) is 18.2 Å². The average Bonchev–Trinajstić information content (AvgIpc) is 2.45. The molecule has 0 saturated heterocycles. The lowest BCUT2D eigenvalue weighted by Gasteiger charge is -2.19. The molecule has 0 heterocycles. The molecule has 0 saturated carbocycles. The second-order valence-electron chi connectivity index (χ2n) is 4.55. The highest BCUT2D eigenvalue weighted by Crippen LogP contribution is 2.35. The predicted molar refractivity (Wildman–Crippen MR) is 75.2 cm³/mol. The average molecular weight is 334 g/mol. The van der Waals surface area contributed by atoms with E-state index in [0.29, 0.717) is 0 Å². The van der Waals surface area contributed by atoms with Crippen molar-refractivity contribution in [2.75, 3.05) is 0 Å². The van der Waals surface area contributed by atoms with Gasteiger partial charge in [0, 0.05) is 11.1 Å². The van der Waals surface area contributed by atoms with Gasteiger partial charge in [0.05, 0.1) is 5.02 Å². The lowest BCUT2D eigenvalue weighted by atomic mass is 10.1. The van der Waals surface area contributed by atoms with Crippen molar-refractivity contribution in [3.05, 3.63) is 64.4 Å². The maximum atomic E-state index is 13.6. The molecule has 0 radical (unpaired) electrons. The van der Waals surface area contributed by atoms with Crippen LogP contribution in [-0.2, 0) is 6.61 Å². The summed E-state index contributed by atoms with van der Waals surface area (Å²) in [6.07, 6.45) is -4.60. The molecule has 0 amide bonds. The quantitative estimate of drug-likeness (QED) is 0.829. The number of para-hydroxylation sites is 1. The van der Waals surface area contributed by atoms with Crippen molar-refractivity contribution in [1.82, 2.24) is 0 Å². The fraction of sp³-hybridized carbons (Fsp3) is 0.200. The minimum atomic E-state index is -4.60. The van der Waals surface area contributed by atoms with Gasteiger partial charge in [0.1, 0.15) is 24.2 Å². The maximum absolute atomic E-state index is 13.6. The molecule has 118 valence electrons. The largest absolute Gasteiger partial charge is 0.488 e. The highest BCUT2D eigenvalue weighted by Gasteiger charge is 2.39. The van der Waals surface area contributed by atoms with E-state index in [2.05, 4.69) is 0 Å². The van der Waals surface area contributed by atoms with Gasteiger partial charge in [0.25, 0.3) is 0 Å². The number of ether oxygens (including phenoxy) is 1. The molecule has 0 bridgehead atoms. The van der Waals surface area contributed by atoms with Crippen LogP contribution >= 0.6 is 11.6 Å². The molecule has 2 N–H and O–H groups in total. The molecule has 0 aliphatic rings. The van der Waals surface area contributed by atoms with E-state index in [0.717, 1.165) is 0 Å². The molecule has 0 aliphatic carbocycles. The van der Waals surface area contributed by atoms with Crippen LogP contribution in [0.5, 0.6) is 5.75 Å². The lowest BCUT2D eigenvalue weighted by Crippen LogP contribution is -2.28. The standard InChI is InChI=1S/C15H12ClF4NO/c16-11-5-3-6-12(17)10(11)8-22-13-7-2-1-4-9(13)14(21)15(18,19)20/h1-7,14H,8,21H2/t14-/m1/s1. The van der Waals surface area contributed by atoms with Crippen molar-refractivity contribution in [3.63, 3.8) is 0 Å². The molecule has 2 aromatic rings. The van der Waals surface area contributed by atoms with Crippen molar-refractivity contribution in [1.29, 1.82) is 0 Å². The van der Waals surface area contributed by atoms with Crippen LogP contribution < -0.4 is 10.5 Å². The Labute approximate surface area is 129 Å². The fourth-order valence-corrected chi connectivity index (χ4v) is 2.08.